The summed E-state index contributed by atoms with van der Waals surface area (Å²) in [6.45, 7) is 3.82. The van der Waals surface area contributed by atoms with Crippen molar-refractivity contribution in [1.29, 1.82) is 0 Å². The molecule has 0 spiro atoms. The average molecular weight is 305 g/mol. The van der Waals surface area contributed by atoms with Gasteiger partial charge in [-0.2, -0.15) is 11.8 Å². The van der Waals surface area contributed by atoms with Gasteiger partial charge in [-0.05, 0) is 43.2 Å². The number of ether oxygens (including phenoxy) is 1. The largest absolute Gasteiger partial charge is 0.573 e. The van der Waals surface area contributed by atoms with Crippen molar-refractivity contribution in [1.82, 2.24) is 5.32 Å². The van der Waals surface area contributed by atoms with Crippen LogP contribution in [0.3, 0.4) is 0 Å². The van der Waals surface area contributed by atoms with E-state index >= 15 is 0 Å². The molecule has 2 rings (SSSR count). The lowest BCUT2D eigenvalue weighted by atomic mass is 10.1. The zero-order valence-electron chi connectivity index (χ0n) is 11.3. The number of hydrogen-bond acceptors (Lipinski definition) is 3. The molecule has 1 aromatic rings. The van der Waals surface area contributed by atoms with Gasteiger partial charge in [0.2, 0.25) is 0 Å². The van der Waals surface area contributed by atoms with Gasteiger partial charge in [0.1, 0.15) is 5.75 Å². The summed E-state index contributed by atoms with van der Waals surface area (Å²) in [7, 11) is 0. The van der Waals surface area contributed by atoms with Gasteiger partial charge in [0, 0.05) is 17.8 Å². The van der Waals surface area contributed by atoms with Crippen LogP contribution in [0.25, 0.3) is 0 Å². The average Bonchev–Trinajstić information content (AvgIpc) is 2.77. The maximum atomic E-state index is 12.0. The Kier molecular flexibility index (Phi) is 4.86. The topological polar surface area (TPSA) is 21.3 Å². The Balaban J connectivity index is 1.79. The molecule has 0 aliphatic carbocycles. The normalized spacial score (nSPS) is 23.0. The van der Waals surface area contributed by atoms with Crippen molar-refractivity contribution in [2.45, 2.75) is 37.4 Å². The first-order valence-electron chi connectivity index (χ1n) is 6.56. The van der Waals surface area contributed by atoms with E-state index in [0.717, 1.165) is 12.1 Å². The molecule has 0 bridgehead atoms. The molecular formula is C14H18F3NOS. The zero-order chi connectivity index (χ0) is 14.6. The maximum absolute atomic E-state index is 12.0. The predicted molar refractivity (Wildman–Crippen MR) is 74.9 cm³/mol. The SMILES string of the molecule is CC1(CNCc2ccc(OC(F)(F)F)cc2)CCCS1. The van der Waals surface area contributed by atoms with Gasteiger partial charge in [-0.3, -0.25) is 0 Å². The lowest BCUT2D eigenvalue weighted by molar-refractivity contribution is -0.274. The van der Waals surface area contributed by atoms with Crippen LogP contribution in [0.2, 0.25) is 0 Å². The molecule has 112 valence electrons. The van der Waals surface area contributed by atoms with Crippen LogP contribution in [-0.4, -0.2) is 23.4 Å². The zero-order valence-corrected chi connectivity index (χ0v) is 12.1. The Labute approximate surface area is 121 Å². The molecule has 1 fully saturated rings. The van der Waals surface area contributed by atoms with Crippen LogP contribution in [0.5, 0.6) is 5.75 Å². The molecule has 1 heterocycles. The molecule has 1 aliphatic heterocycles. The number of alkyl halides is 3. The summed E-state index contributed by atoms with van der Waals surface area (Å²) in [6, 6.07) is 5.99. The lowest BCUT2D eigenvalue weighted by Crippen LogP contribution is -2.32. The number of thioether (sulfide) groups is 1. The van der Waals surface area contributed by atoms with E-state index in [0.29, 0.717) is 11.3 Å². The smallest absolute Gasteiger partial charge is 0.406 e. The highest BCUT2D eigenvalue weighted by molar-refractivity contribution is 8.00. The van der Waals surface area contributed by atoms with E-state index in [1.54, 1.807) is 12.1 Å². The van der Waals surface area contributed by atoms with Crippen LogP contribution in [0.15, 0.2) is 24.3 Å². The van der Waals surface area contributed by atoms with Gasteiger partial charge in [0.15, 0.2) is 0 Å². The number of benzene rings is 1. The third-order valence-corrected chi connectivity index (χ3v) is 4.82. The van der Waals surface area contributed by atoms with Crippen molar-refractivity contribution in [2.24, 2.45) is 0 Å². The van der Waals surface area contributed by atoms with E-state index < -0.39 is 6.36 Å². The summed E-state index contributed by atoms with van der Waals surface area (Å²) in [5.41, 5.74) is 0.950. The number of rotatable bonds is 5. The van der Waals surface area contributed by atoms with E-state index in [-0.39, 0.29) is 5.75 Å². The molecule has 0 amide bonds. The Morgan fingerprint density at radius 2 is 2.00 bits per heavy atom. The predicted octanol–water partition coefficient (Wildman–Crippen LogP) is 3.96. The summed E-state index contributed by atoms with van der Waals surface area (Å²) in [4.78, 5) is 0. The van der Waals surface area contributed by atoms with E-state index in [9.17, 15) is 13.2 Å². The third-order valence-electron chi connectivity index (χ3n) is 3.29. The minimum Gasteiger partial charge on any atom is -0.406 e. The number of halogens is 3. The highest BCUT2D eigenvalue weighted by Gasteiger charge is 2.31. The molecule has 1 aliphatic rings. The van der Waals surface area contributed by atoms with Crippen molar-refractivity contribution >= 4 is 11.8 Å². The summed E-state index contributed by atoms with van der Waals surface area (Å²) in [5, 5.41) is 3.37. The monoisotopic (exact) mass is 305 g/mol. The van der Waals surface area contributed by atoms with Crippen molar-refractivity contribution in [3.8, 4) is 5.75 Å². The minimum atomic E-state index is -4.63. The van der Waals surface area contributed by atoms with Gasteiger partial charge in [-0.25, -0.2) is 0 Å². The third kappa shape index (κ3) is 4.90. The van der Waals surface area contributed by atoms with E-state index in [1.165, 1.54) is 30.7 Å². The molecule has 20 heavy (non-hydrogen) atoms. The molecule has 6 heteroatoms. The fourth-order valence-electron chi connectivity index (χ4n) is 2.26. The van der Waals surface area contributed by atoms with Crippen LogP contribution < -0.4 is 10.1 Å². The minimum absolute atomic E-state index is 0.181. The van der Waals surface area contributed by atoms with E-state index in [1.807, 2.05) is 11.8 Å². The van der Waals surface area contributed by atoms with Crippen molar-refractivity contribution in [3.63, 3.8) is 0 Å². The number of nitrogens with one attached hydrogen (secondary N) is 1. The molecule has 2 nitrogen and oxygen atoms in total. The Morgan fingerprint density at radius 3 is 2.55 bits per heavy atom. The molecule has 0 saturated carbocycles. The molecular weight excluding hydrogens is 287 g/mol. The van der Waals surface area contributed by atoms with Crippen LogP contribution in [0.1, 0.15) is 25.3 Å². The first-order valence-corrected chi connectivity index (χ1v) is 7.54. The lowest BCUT2D eigenvalue weighted by Gasteiger charge is -2.23. The fourth-order valence-corrected chi connectivity index (χ4v) is 3.53. The summed E-state index contributed by atoms with van der Waals surface area (Å²) < 4.78 is 40.2. The molecule has 1 N–H and O–H groups in total. The summed E-state index contributed by atoms with van der Waals surface area (Å²) in [6.07, 6.45) is -2.16. The van der Waals surface area contributed by atoms with E-state index in [4.69, 9.17) is 0 Å². The standard InChI is InChI=1S/C14H18F3NOS/c1-13(7-2-8-20-13)10-18-9-11-3-5-12(6-4-11)19-14(15,16)17/h3-6,18H,2,7-10H2,1H3. The second-order valence-corrected chi connectivity index (χ2v) is 6.88. The Bertz CT molecular complexity index is 427. The van der Waals surface area contributed by atoms with Gasteiger partial charge in [0.05, 0.1) is 0 Å². The molecule has 1 atom stereocenters. The van der Waals surface area contributed by atoms with Gasteiger partial charge >= 0.3 is 6.36 Å². The second-order valence-electron chi connectivity index (χ2n) is 5.20. The number of hydrogen-bond donors (Lipinski definition) is 1. The Morgan fingerprint density at radius 1 is 1.30 bits per heavy atom. The van der Waals surface area contributed by atoms with Crippen molar-refractivity contribution < 1.29 is 17.9 Å². The maximum Gasteiger partial charge on any atom is 0.573 e. The molecule has 1 saturated heterocycles. The van der Waals surface area contributed by atoms with Crippen LogP contribution >= 0.6 is 11.8 Å². The highest BCUT2D eigenvalue weighted by atomic mass is 32.2. The molecule has 1 aromatic carbocycles. The van der Waals surface area contributed by atoms with Crippen molar-refractivity contribution in [3.05, 3.63) is 29.8 Å². The van der Waals surface area contributed by atoms with E-state index in [2.05, 4.69) is 17.0 Å². The Hall–Kier alpha value is -0.880. The summed E-state index contributed by atoms with van der Waals surface area (Å²) >= 11 is 1.98. The van der Waals surface area contributed by atoms with Crippen LogP contribution in [0.4, 0.5) is 13.2 Å². The first-order chi connectivity index (χ1) is 9.36. The highest BCUT2D eigenvalue weighted by Crippen LogP contribution is 2.37. The van der Waals surface area contributed by atoms with Gasteiger partial charge < -0.3 is 10.1 Å². The van der Waals surface area contributed by atoms with Crippen LogP contribution in [-0.2, 0) is 6.54 Å². The van der Waals surface area contributed by atoms with Crippen LogP contribution in [0, 0.1) is 0 Å². The van der Waals surface area contributed by atoms with Gasteiger partial charge in [-0.15, -0.1) is 13.2 Å². The van der Waals surface area contributed by atoms with Gasteiger partial charge in [-0.1, -0.05) is 12.1 Å². The molecule has 0 aromatic heterocycles. The molecule has 0 radical (unpaired) electrons. The summed E-state index contributed by atoms with van der Waals surface area (Å²) in [5.74, 6) is 1.03. The quantitative estimate of drug-likeness (QED) is 0.889. The first kappa shape index (κ1) is 15.5. The second kappa shape index (κ2) is 6.26. The van der Waals surface area contributed by atoms with Gasteiger partial charge in [0.25, 0.3) is 0 Å². The fraction of sp³-hybridized carbons (Fsp3) is 0.571. The molecule has 1 unspecified atom stereocenters. The van der Waals surface area contributed by atoms with Crippen molar-refractivity contribution in [2.75, 3.05) is 12.3 Å².